The van der Waals surface area contributed by atoms with Gasteiger partial charge in [0.15, 0.2) is 11.3 Å². The molecule has 1 amide bonds. The van der Waals surface area contributed by atoms with Crippen molar-refractivity contribution < 1.29 is 22.4 Å². The fraction of sp³-hybridized carbons (Fsp3) is 0.143. The molecular weight excluding hydrogens is 419 g/mol. The van der Waals surface area contributed by atoms with Gasteiger partial charge in [-0.1, -0.05) is 41.9 Å². The second-order valence-electron chi connectivity index (χ2n) is 6.55. The Morgan fingerprint density at radius 1 is 1.17 bits per heavy atom. The van der Waals surface area contributed by atoms with E-state index in [0.29, 0.717) is 6.42 Å². The molecule has 0 aliphatic carbocycles. The van der Waals surface area contributed by atoms with E-state index in [9.17, 15) is 18.0 Å². The number of imidazole rings is 1. The smallest absolute Gasteiger partial charge is 0.420 e. The fourth-order valence-electron chi connectivity index (χ4n) is 3.10. The zero-order chi connectivity index (χ0) is 21.3. The first-order valence-corrected chi connectivity index (χ1v) is 9.37. The number of aromatic nitrogens is 2. The van der Waals surface area contributed by atoms with Crippen molar-refractivity contribution in [1.82, 2.24) is 14.7 Å². The van der Waals surface area contributed by atoms with Crippen LogP contribution in [-0.4, -0.2) is 21.8 Å². The van der Waals surface area contributed by atoms with E-state index < -0.39 is 23.3 Å². The molecule has 0 atom stereocenters. The van der Waals surface area contributed by atoms with Crippen molar-refractivity contribution in [2.24, 2.45) is 0 Å². The van der Waals surface area contributed by atoms with E-state index in [1.165, 1.54) is 18.5 Å². The molecule has 4 aromatic rings. The highest BCUT2D eigenvalue weighted by Crippen LogP contribution is 2.37. The summed E-state index contributed by atoms with van der Waals surface area (Å²) in [6.07, 6.45) is -1.42. The summed E-state index contributed by atoms with van der Waals surface area (Å²) in [5, 5.41) is 2.44. The zero-order valence-corrected chi connectivity index (χ0v) is 16.2. The molecule has 0 unspecified atom stereocenters. The monoisotopic (exact) mass is 433 g/mol. The molecular formula is C21H15ClF3N3O2. The molecule has 5 nitrogen and oxygen atoms in total. The number of benzene rings is 1. The molecule has 9 heteroatoms. The topological polar surface area (TPSA) is 59.5 Å². The number of alkyl halides is 3. The van der Waals surface area contributed by atoms with Gasteiger partial charge in [-0.05, 0) is 30.2 Å². The summed E-state index contributed by atoms with van der Waals surface area (Å²) >= 11 is 6.25. The number of halogens is 4. The van der Waals surface area contributed by atoms with Crippen molar-refractivity contribution in [3.63, 3.8) is 0 Å². The van der Waals surface area contributed by atoms with E-state index in [0.717, 1.165) is 16.0 Å². The molecule has 1 aromatic carbocycles. The standard InChI is InChI=1S/C21H15ClF3N3O2/c22-18-17(20(29)26-9-8-13-5-2-1-3-6-13)27-19-15(21(23,24)25)11-14(12-28(18)19)16-7-4-10-30-16/h1-7,10-12H,8-9H2,(H,26,29). The van der Waals surface area contributed by atoms with Gasteiger partial charge in [0.2, 0.25) is 0 Å². The van der Waals surface area contributed by atoms with E-state index in [1.54, 1.807) is 6.07 Å². The lowest BCUT2D eigenvalue weighted by Crippen LogP contribution is -2.26. The Morgan fingerprint density at radius 2 is 1.93 bits per heavy atom. The maximum Gasteiger partial charge on any atom is 0.420 e. The average molecular weight is 434 g/mol. The second-order valence-corrected chi connectivity index (χ2v) is 6.91. The summed E-state index contributed by atoms with van der Waals surface area (Å²) < 4.78 is 47.2. The quantitative estimate of drug-likeness (QED) is 0.468. The van der Waals surface area contributed by atoms with Crippen LogP contribution in [-0.2, 0) is 12.6 Å². The summed E-state index contributed by atoms with van der Waals surface area (Å²) in [7, 11) is 0. The molecule has 0 aliphatic rings. The fourth-order valence-corrected chi connectivity index (χ4v) is 3.35. The number of furan rings is 1. The third-order valence-electron chi connectivity index (χ3n) is 4.53. The molecule has 1 N–H and O–H groups in total. The minimum Gasteiger partial charge on any atom is -0.464 e. The van der Waals surface area contributed by atoms with E-state index in [4.69, 9.17) is 16.0 Å². The van der Waals surface area contributed by atoms with Gasteiger partial charge in [-0.25, -0.2) is 4.98 Å². The predicted molar refractivity (Wildman–Crippen MR) is 105 cm³/mol. The maximum atomic E-state index is 13.6. The van der Waals surface area contributed by atoms with Gasteiger partial charge in [0.05, 0.1) is 11.8 Å². The van der Waals surface area contributed by atoms with Gasteiger partial charge in [-0.2, -0.15) is 13.2 Å². The number of carbonyl (C=O) groups excluding carboxylic acids is 1. The Bertz CT molecular complexity index is 1190. The SMILES string of the molecule is O=C(NCCc1ccccc1)c1nc2c(C(F)(F)F)cc(-c3ccco3)cn2c1Cl. The minimum atomic E-state index is -4.69. The maximum absolute atomic E-state index is 13.6. The number of amides is 1. The molecule has 0 aliphatic heterocycles. The van der Waals surface area contributed by atoms with Crippen molar-refractivity contribution in [1.29, 1.82) is 0 Å². The Hall–Kier alpha value is -3.26. The van der Waals surface area contributed by atoms with Crippen LogP contribution >= 0.6 is 11.6 Å². The highest BCUT2D eigenvalue weighted by molar-refractivity contribution is 6.33. The lowest BCUT2D eigenvalue weighted by molar-refractivity contribution is -0.136. The first-order valence-electron chi connectivity index (χ1n) is 8.99. The van der Waals surface area contributed by atoms with Gasteiger partial charge >= 0.3 is 6.18 Å². The number of rotatable bonds is 5. The first-order chi connectivity index (χ1) is 14.3. The van der Waals surface area contributed by atoms with Crippen LogP contribution in [0.3, 0.4) is 0 Å². The van der Waals surface area contributed by atoms with Crippen LogP contribution < -0.4 is 5.32 Å². The van der Waals surface area contributed by atoms with Gasteiger partial charge in [0.25, 0.3) is 5.91 Å². The van der Waals surface area contributed by atoms with E-state index in [1.807, 2.05) is 30.3 Å². The van der Waals surface area contributed by atoms with Gasteiger partial charge in [0.1, 0.15) is 10.9 Å². The number of hydrogen-bond donors (Lipinski definition) is 1. The number of nitrogens with zero attached hydrogens (tertiary/aromatic N) is 2. The van der Waals surface area contributed by atoms with Crippen molar-refractivity contribution >= 4 is 23.2 Å². The molecule has 0 bridgehead atoms. The third-order valence-corrected chi connectivity index (χ3v) is 4.89. The van der Waals surface area contributed by atoms with Crippen LogP contribution in [0.1, 0.15) is 21.6 Å². The van der Waals surface area contributed by atoms with Crippen LogP contribution in [0.15, 0.2) is 65.4 Å². The van der Waals surface area contributed by atoms with Crippen LogP contribution in [0.25, 0.3) is 17.0 Å². The Morgan fingerprint density at radius 3 is 2.60 bits per heavy atom. The van der Waals surface area contributed by atoms with Gasteiger partial charge < -0.3 is 9.73 Å². The van der Waals surface area contributed by atoms with E-state index >= 15 is 0 Å². The number of fused-ring (bicyclic) bond motifs is 1. The Balaban J connectivity index is 1.67. The van der Waals surface area contributed by atoms with Crippen molar-refractivity contribution in [3.8, 4) is 11.3 Å². The summed E-state index contributed by atoms with van der Waals surface area (Å²) in [4.78, 5) is 16.4. The van der Waals surface area contributed by atoms with Crippen molar-refractivity contribution in [2.45, 2.75) is 12.6 Å². The number of carbonyl (C=O) groups is 1. The summed E-state index contributed by atoms with van der Waals surface area (Å²) in [5.74, 6) is -0.409. The van der Waals surface area contributed by atoms with E-state index in [-0.39, 0.29) is 28.7 Å². The second kappa shape index (κ2) is 7.87. The minimum absolute atomic E-state index is 0.162. The molecule has 30 heavy (non-hydrogen) atoms. The predicted octanol–water partition coefficient (Wildman–Crippen LogP) is 5.24. The number of nitrogens with one attached hydrogen (secondary N) is 1. The van der Waals surface area contributed by atoms with Gasteiger partial charge in [-0.3, -0.25) is 9.20 Å². The highest BCUT2D eigenvalue weighted by Gasteiger charge is 2.36. The molecule has 0 radical (unpaired) electrons. The summed E-state index contributed by atoms with van der Waals surface area (Å²) in [6.45, 7) is 0.289. The summed E-state index contributed by atoms with van der Waals surface area (Å²) in [5.41, 5.74) is -0.555. The van der Waals surface area contributed by atoms with E-state index in [2.05, 4.69) is 10.3 Å². The van der Waals surface area contributed by atoms with Crippen LogP contribution in [0.4, 0.5) is 13.2 Å². The van der Waals surface area contributed by atoms with Crippen LogP contribution in [0, 0.1) is 0 Å². The highest BCUT2D eigenvalue weighted by atomic mass is 35.5. The number of hydrogen-bond acceptors (Lipinski definition) is 3. The molecule has 154 valence electrons. The Kier molecular flexibility index (Phi) is 5.26. The van der Waals surface area contributed by atoms with Gasteiger partial charge in [-0.15, -0.1) is 0 Å². The molecule has 0 saturated heterocycles. The largest absolute Gasteiger partial charge is 0.464 e. The molecule has 0 saturated carbocycles. The van der Waals surface area contributed by atoms with Crippen LogP contribution in [0.2, 0.25) is 5.15 Å². The van der Waals surface area contributed by atoms with Gasteiger partial charge in [0, 0.05) is 18.3 Å². The molecule has 4 rings (SSSR count). The van der Waals surface area contributed by atoms with Crippen LogP contribution in [0.5, 0.6) is 0 Å². The Labute approximate surface area is 174 Å². The lowest BCUT2D eigenvalue weighted by atomic mass is 10.1. The zero-order valence-electron chi connectivity index (χ0n) is 15.4. The number of pyridine rings is 1. The first kappa shape index (κ1) is 20.0. The molecule has 3 heterocycles. The third kappa shape index (κ3) is 3.91. The molecule has 0 fully saturated rings. The molecule has 3 aromatic heterocycles. The average Bonchev–Trinajstić information content (AvgIpc) is 3.36. The lowest BCUT2D eigenvalue weighted by Gasteiger charge is -2.10. The summed E-state index contributed by atoms with van der Waals surface area (Å²) in [6, 6.07) is 13.5. The van der Waals surface area contributed by atoms with Crippen molar-refractivity contribution in [3.05, 3.63) is 83.0 Å². The van der Waals surface area contributed by atoms with Crippen molar-refractivity contribution in [2.75, 3.05) is 6.54 Å². The molecule has 0 spiro atoms. The normalized spacial score (nSPS) is 11.7.